The summed E-state index contributed by atoms with van der Waals surface area (Å²) >= 11 is 0. The number of hydrogen-bond donors (Lipinski definition) is 1. The number of carbonyl (C=O) groups is 1. The normalized spacial score (nSPS) is 12.1. The summed E-state index contributed by atoms with van der Waals surface area (Å²) < 4.78 is 10.9. The predicted molar refractivity (Wildman–Crippen MR) is 124 cm³/mol. The maximum atomic E-state index is 10.6. The van der Waals surface area contributed by atoms with E-state index in [9.17, 15) is 4.79 Å². The number of para-hydroxylation sites is 1. The molecule has 0 saturated carbocycles. The van der Waals surface area contributed by atoms with Gasteiger partial charge in [-0.2, -0.15) is 0 Å². The molecule has 0 aliphatic carbocycles. The van der Waals surface area contributed by atoms with Crippen LogP contribution >= 0.6 is 0 Å². The Morgan fingerprint density at radius 3 is 1.87 bits per heavy atom. The quantitative estimate of drug-likeness (QED) is 0.175. The second-order valence-electron chi connectivity index (χ2n) is 8.34. The molecule has 1 N–H and O–H groups in total. The van der Waals surface area contributed by atoms with Crippen LogP contribution in [0, 0.1) is 0 Å². The summed E-state index contributed by atoms with van der Waals surface area (Å²) in [5.41, 5.74) is 1.17. The van der Waals surface area contributed by atoms with Crippen molar-refractivity contribution >= 4 is 5.97 Å². The molecule has 0 aliphatic rings. The highest BCUT2D eigenvalue weighted by atomic mass is 16.7. The second kappa shape index (κ2) is 18.2. The van der Waals surface area contributed by atoms with E-state index in [1.807, 2.05) is 18.2 Å². The highest BCUT2D eigenvalue weighted by Crippen LogP contribution is 2.22. The largest absolute Gasteiger partial charge is 0.480 e. The molecule has 4 nitrogen and oxygen atoms in total. The molecule has 4 heteroatoms. The van der Waals surface area contributed by atoms with Crippen molar-refractivity contribution in [3.8, 4) is 5.75 Å². The van der Waals surface area contributed by atoms with Crippen LogP contribution in [0.4, 0.5) is 0 Å². The monoisotopic (exact) mass is 420 g/mol. The maximum Gasteiger partial charge on any atom is 0.329 e. The van der Waals surface area contributed by atoms with Crippen LogP contribution in [0.3, 0.4) is 0 Å². The Morgan fingerprint density at radius 1 is 0.833 bits per heavy atom. The summed E-state index contributed by atoms with van der Waals surface area (Å²) in [5.74, 6) is -0.189. The van der Waals surface area contributed by atoms with Crippen molar-refractivity contribution in [2.45, 2.75) is 116 Å². The molecule has 0 saturated heterocycles. The van der Waals surface area contributed by atoms with Gasteiger partial charge in [-0.25, -0.2) is 4.79 Å². The van der Waals surface area contributed by atoms with Crippen LogP contribution in [0.5, 0.6) is 5.75 Å². The van der Waals surface area contributed by atoms with Gasteiger partial charge in [0, 0.05) is 0 Å². The summed E-state index contributed by atoms with van der Waals surface area (Å²) in [5, 5.41) is 8.70. The van der Waals surface area contributed by atoms with Gasteiger partial charge < -0.3 is 14.6 Å². The van der Waals surface area contributed by atoms with Gasteiger partial charge in [0.25, 0.3) is 0 Å². The average molecular weight is 421 g/mol. The van der Waals surface area contributed by atoms with Gasteiger partial charge in [-0.1, -0.05) is 109 Å². The van der Waals surface area contributed by atoms with E-state index in [2.05, 4.69) is 13.0 Å². The van der Waals surface area contributed by atoms with Crippen molar-refractivity contribution in [3.63, 3.8) is 0 Å². The summed E-state index contributed by atoms with van der Waals surface area (Å²) in [6, 6.07) is 7.98. The van der Waals surface area contributed by atoms with Gasteiger partial charge in [-0.05, 0) is 31.4 Å². The minimum absolute atomic E-state index is 0.345. The van der Waals surface area contributed by atoms with Crippen molar-refractivity contribution in [2.75, 3.05) is 6.61 Å². The Hall–Kier alpha value is -1.55. The molecule has 0 aromatic heterocycles. The minimum Gasteiger partial charge on any atom is -0.480 e. The Kier molecular flexibility index (Phi) is 16.1. The third-order valence-corrected chi connectivity index (χ3v) is 5.51. The molecule has 0 heterocycles. The van der Waals surface area contributed by atoms with E-state index in [0.717, 1.165) is 18.6 Å². The predicted octanol–water partition coefficient (Wildman–Crippen LogP) is 7.54. The van der Waals surface area contributed by atoms with Crippen LogP contribution in [-0.2, 0) is 16.0 Å². The Bertz CT molecular complexity index is 544. The first-order chi connectivity index (χ1) is 14.6. The fourth-order valence-corrected chi connectivity index (χ4v) is 3.74. The van der Waals surface area contributed by atoms with Gasteiger partial charge >= 0.3 is 5.97 Å². The molecule has 172 valence electrons. The first-order valence-corrected chi connectivity index (χ1v) is 12.2. The van der Waals surface area contributed by atoms with Crippen molar-refractivity contribution in [1.82, 2.24) is 0 Å². The lowest BCUT2D eigenvalue weighted by molar-refractivity contribution is -0.151. The van der Waals surface area contributed by atoms with Gasteiger partial charge in [-0.3, -0.25) is 0 Å². The smallest absolute Gasteiger partial charge is 0.329 e. The van der Waals surface area contributed by atoms with E-state index >= 15 is 0 Å². The number of ether oxygens (including phenoxy) is 2. The number of carboxylic acid groups (broad SMARTS) is 1. The molecular weight excluding hydrogens is 376 g/mol. The maximum absolute atomic E-state index is 10.6. The number of aliphatic carboxylic acids is 1. The first kappa shape index (κ1) is 26.5. The Labute approximate surface area is 184 Å². The third kappa shape index (κ3) is 14.4. The van der Waals surface area contributed by atoms with E-state index in [1.54, 1.807) is 6.92 Å². The molecule has 0 aliphatic heterocycles. The minimum atomic E-state index is -0.985. The molecule has 0 spiro atoms. The number of aryl methyl sites for hydroxylation is 1. The Morgan fingerprint density at radius 2 is 1.33 bits per heavy atom. The van der Waals surface area contributed by atoms with Crippen molar-refractivity contribution < 1.29 is 19.4 Å². The van der Waals surface area contributed by atoms with E-state index in [1.165, 1.54) is 89.0 Å². The van der Waals surface area contributed by atoms with Crippen LogP contribution < -0.4 is 4.74 Å². The number of rotatable bonds is 20. The molecule has 1 unspecified atom stereocenters. The fraction of sp³-hybridized carbons (Fsp3) is 0.731. The van der Waals surface area contributed by atoms with Crippen molar-refractivity contribution in [2.24, 2.45) is 0 Å². The lowest BCUT2D eigenvalue weighted by Gasteiger charge is -2.17. The van der Waals surface area contributed by atoms with Gasteiger partial charge in [0.1, 0.15) is 12.4 Å². The van der Waals surface area contributed by atoms with E-state index in [4.69, 9.17) is 14.6 Å². The fourth-order valence-electron chi connectivity index (χ4n) is 3.74. The zero-order chi connectivity index (χ0) is 21.9. The topological polar surface area (TPSA) is 55.8 Å². The van der Waals surface area contributed by atoms with E-state index in [0.29, 0.717) is 0 Å². The van der Waals surface area contributed by atoms with Crippen molar-refractivity contribution in [3.05, 3.63) is 29.8 Å². The van der Waals surface area contributed by atoms with E-state index in [-0.39, 0.29) is 6.61 Å². The van der Waals surface area contributed by atoms with Crippen LogP contribution in [-0.4, -0.2) is 24.0 Å². The number of benzene rings is 1. The van der Waals surface area contributed by atoms with Gasteiger partial charge in [0.15, 0.2) is 6.29 Å². The lowest BCUT2D eigenvalue weighted by atomic mass is 10.0. The molecule has 1 rings (SSSR count). The van der Waals surface area contributed by atoms with Crippen LogP contribution in [0.1, 0.15) is 109 Å². The molecule has 30 heavy (non-hydrogen) atoms. The molecule has 0 amide bonds. The van der Waals surface area contributed by atoms with Gasteiger partial charge in [0.05, 0.1) is 0 Å². The van der Waals surface area contributed by atoms with E-state index < -0.39 is 12.3 Å². The first-order valence-electron chi connectivity index (χ1n) is 12.2. The molecule has 1 aromatic carbocycles. The van der Waals surface area contributed by atoms with Crippen LogP contribution in [0.15, 0.2) is 24.3 Å². The highest BCUT2D eigenvalue weighted by molar-refractivity contribution is 5.68. The molecule has 1 atom stereocenters. The summed E-state index contributed by atoms with van der Waals surface area (Å²) in [6.45, 7) is 3.66. The van der Waals surface area contributed by atoms with Crippen LogP contribution in [0.2, 0.25) is 0 Å². The SMILES string of the molecule is CCCCCCCCCCCCCCCCc1ccccc1OC(C)OCC(=O)O. The number of carboxylic acids is 1. The molecular formula is C26H44O4. The summed E-state index contributed by atoms with van der Waals surface area (Å²) in [4.78, 5) is 10.6. The second-order valence-corrected chi connectivity index (χ2v) is 8.34. The number of unbranched alkanes of at least 4 members (excludes halogenated alkanes) is 13. The van der Waals surface area contributed by atoms with Crippen molar-refractivity contribution in [1.29, 1.82) is 0 Å². The van der Waals surface area contributed by atoms with Gasteiger partial charge in [-0.15, -0.1) is 0 Å². The molecule has 0 bridgehead atoms. The molecule has 0 fully saturated rings. The van der Waals surface area contributed by atoms with Crippen LogP contribution in [0.25, 0.3) is 0 Å². The highest BCUT2D eigenvalue weighted by Gasteiger charge is 2.10. The lowest BCUT2D eigenvalue weighted by Crippen LogP contribution is -2.21. The molecule has 0 radical (unpaired) electrons. The zero-order valence-corrected chi connectivity index (χ0v) is 19.4. The summed E-state index contributed by atoms with van der Waals surface area (Å²) in [6.07, 6.45) is 19.5. The third-order valence-electron chi connectivity index (χ3n) is 5.51. The number of hydrogen-bond acceptors (Lipinski definition) is 3. The molecule has 1 aromatic rings. The zero-order valence-electron chi connectivity index (χ0n) is 19.4. The standard InChI is InChI=1S/C26H44O4/c1-3-4-5-6-7-8-9-10-11-12-13-14-15-16-19-24-20-17-18-21-25(24)30-23(2)29-22-26(27)28/h17-18,20-21,23H,3-16,19,22H2,1-2H3,(H,27,28). The average Bonchev–Trinajstić information content (AvgIpc) is 2.73. The van der Waals surface area contributed by atoms with Gasteiger partial charge in [0.2, 0.25) is 0 Å². The summed E-state index contributed by atoms with van der Waals surface area (Å²) in [7, 11) is 0. The Balaban J connectivity index is 2.04.